The van der Waals surface area contributed by atoms with Crippen LogP contribution in [0.3, 0.4) is 0 Å². The van der Waals surface area contributed by atoms with Gasteiger partial charge in [0.1, 0.15) is 18.7 Å². The van der Waals surface area contributed by atoms with Crippen molar-refractivity contribution in [2.24, 2.45) is 5.73 Å². The maximum absolute atomic E-state index is 13.7. The highest BCUT2D eigenvalue weighted by Crippen LogP contribution is 2.41. The van der Waals surface area contributed by atoms with Gasteiger partial charge in [0.15, 0.2) is 12.1 Å². The number of alkyl carbamates (subject to hydrolysis) is 1. The van der Waals surface area contributed by atoms with Crippen molar-refractivity contribution in [3.05, 3.63) is 16.6 Å². The Balaban J connectivity index is 2.10. The largest absolute Gasteiger partial charge is 0.480 e. The summed E-state index contributed by atoms with van der Waals surface area (Å²) >= 11 is 1.29. The summed E-state index contributed by atoms with van der Waals surface area (Å²) in [6.07, 6.45) is -1.41. The molecule has 3 rings (SSSR count). The van der Waals surface area contributed by atoms with E-state index in [1.807, 2.05) is 0 Å². The number of aliphatic carboxylic acids is 1. The molecule has 2 saturated heterocycles. The molecule has 0 aliphatic carbocycles. The molecule has 0 radical (unpaired) electrons. The Kier molecular flexibility index (Phi) is 6.38. The van der Waals surface area contributed by atoms with E-state index >= 15 is 0 Å². The minimum atomic E-state index is -1.29. The quantitative estimate of drug-likeness (QED) is 0.389. The number of quaternary nitrogens is 1. The molecule has 168 valence electrons. The second-order valence-electron chi connectivity index (χ2n) is 7.65. The van der Waals surface area contributed by atoms with Gasteiger partial charge in [0.25, 0.3) is 5.91 Å². The zero-order valence-electron chi connectivity index (χ0n) is 16.9. The number of aromatic nitrogens is 1. The van der Waals surface area contributed by atoms with Gasteiger partial charge in [-0.3, -0.25) is 9.59 Å². The number of likely N-dealkylation sites (tertiary alicyclic amines) is 1. The number of amides is 4. The Bertz CT molecular complexity index is 905. The first-order chi connectivity index (χ1) is 14.6. The SMILES string of the molecule is CC1OC(=O)NC1C(=O)[N@@+]1(C(=O)[C@H](C)N)CC[C@H](c2cscn2)[C@H]1C(=O)NCC(=O)O. The molecule has 6 atom stereocenters. The molecule has 12 nitrogen and oxygen atoms in total. The number of ether oxygens (including phenoxy) is 1. The number of carboxylic acid groups (broad SMARTS) is 1. The maximum atomic E-state index is 13.7. The molecule has 5 N–H and O–H groups in total. The van der Waals surface area contributed by atoms with Crippen LogP contribution in [-0.4, -0.2) is 81.7 Å². The van der Waals surface area contributed by atoms with Crippen LogP contribution in [0.5, 0.6) is 0 Å². The Morgan fingerprint density at radius 2 is 2.16 bits per heavy atom. The van der Waals surface area contributed by atoms with Gasteiger partial charge in [0.2, 0.25) is 0 Å². The number of nitrogens with two attached hydrogens (primary N) is 1. The summed E-state index contributed by atoms with van der Waals surface area (Å²) in [6, 6.07) is -3.56. The van der Waals surface area contributed by atoms with Crippen molar-refractivity contribution in [3.8, 4) is 0 Å². The van der Waals surface area contributed by atoms with E-state index < -0.39 is 71.0 Å². The van der Waals surface area contributed by atoms with Crippen LogP contribution >= 0.6 is 11.3 Å². The molecular weight excluding hydrogens is 430 g/mol. The Morgan fingerprint density at radius 1 is 1.45 bits per heavy atom. The summed E-state index contributed by atoms with van der Waals surface area (Å²) < 4.78 is 4.05. The lowest BCUT2D eigenvalue weighted by Gasteiger charge is -2.37. The van der Waals surface area contributed by atoms with E-state index in [-0.39, 0.29) is 13.0 Å². The van der Waals surface area contributed by atoms with Crippen LogP contribution in [0.4, 0.5) is 4.79 Å². The molecule has 31 heavy (non-hydrogen) atoms. The smallest absolute Gasteiger partial charge is 0.408 e. The van der Waals surface area contributed by atoms with Gasteiger partial charge in [-0.05, 0) is 13.8 Å². The molecule has 1 aromatic rings. The monoisotopic (exact) mass is 454 g/mol. The summed E-state index contributed by atoms with van der Waals surface area (Å²) in [6.45, 7) is 2.18. The van der Waals surface area contributed by atoms with Crippen LogP contribution < -0.4 is 16.4 Å². The van der Waals surface area contributed by atoms with Gasteiger partial charge in [-0.1, -0.05) is 0 Å². The summed E-state index contributed by atoms with van der Waals surface area (Å²) in [5.74, 6) is -4.11. The van der Waals surface area contributed by atoms with Gasteiger partial charge in [0, 0.05) is 11.8 Å². The standard InChI is InChI=1S/C18H23N5O7S/c1-8(19)16(27)23(17(28)13-9(2)30-18(29)22-13)4-3-10(11-6-31-7-21-11)14(23)15(26)20-5-12(24)25/h6-10,13-14H,3-5,19H2,1-2H3,(H2-,20,22,24,25,26,29)/p+1/t8-,9?,10+,13?,14-,23-/m0/s1. The predicted octanol–water partition coefficient (Wildman–Crippen LogP) is -1.09. The number of carbonyl (C=O) groups excluding carboxylic acids is 4. The van der Waals surface area contributed by atoms with E-state index in [2.05, 4.69) is 15.6 Å². The van der Waals surface area contributed by atoms with Crippen LogP contribution in [0.1, 0.15) is 31.9 Å². The fourth-order valence-corrected chi connectivity index (χ4v) is 4.92. The molecule has 1 aromatic heterocycles. The van der Waals surface area contributed by atoms with E-state index in [0.29, 0.717) is 5.69 Å². The average Bonchev–Trinajstić information content (AvgIpc) is 3.43. The van der Waals surface area contributed by atoms with Crippen molar-refractivity contribution < 1.29 is 38.3 Å². The molecule has 0 bridgehead atoms. The Labute approximate surface area is 181 Å². The second-order valence-corrected chi connectivity index (χ2v) is 8.37. The van der Waals surface area contributed by atoms with Crippen molar-refractivity contribution in [1.82, 2.24) is 15.6 Å². The molecule has 4 amide bonds. The number of rotatable bonds is 6. The van der Waals surface area contributed by atoms with Crippen LogP contribution in [-0.2, 0) is 23.9 Å². The topological polar surface area (TPSA) is 178 Å². The van der Waals surface area contributed by atoms with Gasteiger partial charge in [-0.25, -0.2) is 19.4 Å². The number of cyclic esters (lactones) is 1. The fraction of sp³-hybridized carbons (Fsp3) is 0.556. The first-order valence-corrected chi connectivity index (χ1v) is 10.6. The summed E-state index contributed by atoms with van der Waals surface area (Å²) in [7, 11) is 0. The van der Waals surface area contributed by atoms with Crippen molar-refractivity contribution in [2.45, 2.75) is 50.4 Å². The normalized spacial score (nSPS) is 30.9. The van der Waals surface area contributed by atoms with Crippen LogP contribution in [0.25, 0.3) is 0 Å². The molecule has 2 fully saturated rings. The molecule has 3 heterocycles. The van der Waals surface area contributed by atoms with E-state index in [4.69, 9.17) is 15.6 Å². The van der Waals surface area contributed by atoms with E-state index in [1.54, 1.807) is 10.9 Å². The number of thiazole rings is 1. The van der Waals surface area contributed by atoms with Crippen LogP contribution in [0.2, 0.25) is 0 Å². The third kappa shape index (κ3) is 4.03. The third-order valence-electron chi connectivity index (χ3n) is 5.64. The highest BCUT2D eigenvalue weighted by molar-refractivity contribution is 7.07. The molecule has 2 unspecified atom stereocenters. The van der Waals surface area contributed by atoms with Gasteiger partial charge in [-0.2, -0.15) is 4.48 Å². The highest BCUT2D eigenvalue weighted by Gasteiger charge is 2.65. The lowest BCUT2D eigenvalue weighted by molar-refractivity contribution is -0.784. The van der Waals surface area contributed by atoms with E-state index in [0.717, 1.165) is 0 Å². The number of hydrogen-bond donors (Lipinski definition) is 4. The molecular formula is C18H24N5O7S+. The second kappa shape index (κ2) is 8.69. The summed E-state index contributed by atoms with van der Waals surface area (Å²) in [4.78, 5) is 67.2. The van der Waals surface area contributed by atoms with Gasteiger partial charge in [-0.15, -0.1) is 11.3 Å². The molecule has 0 aromatic carbocycles. The average molecular weight is 454 g/mol. The first kappa shape index (κ1) is 22.8. The highest BCUT2D eigenvalue weighted by atomic mass is 32.1. The fourth-order valence-electron chi connectivity index (χ4n) is 4.30. The van der Waals surface area contributed by atoms with Gasteiger partial charge < -0.3 is 26.2 Å². The van der Waals surface area contributed by atoms with Crippen LogP contribution in [0.15, 0.2) is 10.9 Å². The van der Waals surface area contributed by atoms with Gasteiger partial charge in [0.05, 0.1) is 23.7 Å². The summed E-state index contributed by atoms with van der Waals surface area (Å²) in [5, 5.41) is 15.4. The zero-order valence-corrected chi connectivity index (χ0v) is 17.8. The number of carbonyl (C=O) groups is 5. The van der Waals surface area contributed by atoms with Crippen LogP contribution in [0, 0.1) is 0 Å². The summed E-state index contributed by atoms with van der Waals surface area (Å²) in [5.41, 5.74) is 7.96. The van der Waals surface area contributed by atoms with Crippen molar-refractivity contribution in [3.63, 3.8) is 0 Å². The number of carboxylic acids is 1. The number of nitrogens with zero attached hydrogens (tertiary/aromatic N) is 2. The Hall–Kier alpha value is -2.90. The molecule has 2 aliphatic heterocycles. The lowest BCUT2D eigenvalue weighted by atomic mass is 9.94. The maximum Gasteiger partial charge on any atom is 0.408 e. The van der Waals surface area contributed by atoms with E-state index in [1.165, 1.54) is 25.2 Å². The molecule has 13 heteroatoms. The van der Waals surface area contributed by atoms with E-state index in [9.17, 15) is 24.0 Å². The lowest BCUT2D eigenvalue weighted by Crippen LogP contribution is -2.71. The molecule has 0 spiro atoms. The van der Waals surface area contributed by atoms with Crippen molar-refractivity contribution >= 4 is 41.1 Å². The molecule has 2 aliphatic rings. The van der Waals surface area contributed by atoms with Crippen molar-refractivity contribution in [1.29, 1.82) is 0 Å². The number of hydrogen-bond acceptors (Lipinski definition) is 9. The predicted molar refractivity (Wildman–Crippen MR) is 106 cm³/mol. The van der Waals surface area contributed by atoms with Crippen molar-refractivity contribution in [2.75, 3.05) is 13.1 Å². The first-order valence-electron chi connectivity index (χ1n) is 9.66. The minimum absolute atomic E-state index is 0.0500. The minimum Gasteiger partial charge on any atom is -0.480 e. The zero-order chi connectivity index (χ0) is 22.9. The number of imide groups is 1. The number of nitrogens with one attached hydrogen (secondary N) is 2. The third-order valence-corrected chi connectivity index (χ3v) is 6.25. The molecule has 0 saturated carbocycles. The van der Waals surface area contributed by atoms with Gasteiger partial charge >= 0.3 is 23.9 Å². The Morgan fingerprint density at radius 3 is 2.68 bits per heavy atom.